The van der Waals surface area contributed by atoms with Gasteiger partial charge in [-0.15, -0.1) is 11.3 Å². The van der Waals surface area contributed by atoms with Crippen LogP contribution in [0.25, 0.3) is 10.6 Å². The molecular weight excluding hydrogens is 352 g/mol. The molecule has 2 aromatic heterocycles. The number of carbonyl (C=O) groups is 2. The van der Waals surface area contributed by atoms with Crippen molar-refractivity contribution in [2.24, 2.45) is 5.73 Å². The predicted octanol–water partition coefficient (Wildman–Crippen LogP) is 2.25. The largest absolute Gasteiger partial charge is 0.484 e. The summed E-state index contributed by atoms with van der Waals surface area (Å²) in [6.07, 6.45) is 3.62. The molecule has 7 nitrogen and oxygen atoms in total. The summed E-state index contributed by atoms with van der Waals surface area (Å²) >= 11 is 1.48. The lowest BCUT2D eigenvalue weighted by atomic mass is 10.2. The molecule has 1 aromatic carbocycles. The second-order valence-corrected chi connectivity index (χ2v) is 6.25. The van der Waals surface area contributed by atoms with Crippen molar-refractivity contribution in [2.45, 2.75) is 6.42 Å². The van der Waals surface area contributed by atoms with Gasteiger partial charge in [0.2, 0.25) is 5.91 Å². The molecule has 3 aromatic rings. The maximum absolute atomic E-state index is 12.2. The second-order valence-electron chi connectivity index (χ2n) is 5.39. The van der Waals surface area contributed by atoms with Crippen molar-refractivity contribution in [2.75, 3.05) is 11.9 Å². The van der Waals surface area contributed by atoms with Crippen molar-refractivity contribution in [1.82, 2.24) is 9.97 Å². The summed E-state index contributed by atoms with van der Waals surface area (Å²) in [6.45, 7) is -0.186. The molecule has 0 aliphatic heterocycles. The third-order valence-corrected chi connectivity index (χ3v) is 4.26. The van der Waals surface area contributed by atoms with Gasteiger partial charge in [-0.05, 0) is 36.4 Å². The number of nitrogens with one attached hydrogen (secondary N) is 1. The van der Waals surface area contributed by atoms with Crippen LogP contribution in [0.4, 0.5) is 5.69 Å². The lowest BCUT2D eigenvalue weighted by Gasteiger charge is -2.06. The minimum absolute atomic E-state index is 0.168. The predicted molar refractivity (Wildman–Crippen MR) is 98.8 cm³/mol. The fraction of sp³-hybridized carbons (Fsp3) is 0.111. The van der Waals surface area contributed by atoms with Gasteiger partial charge >= 0.3 is 0 Å². The Morgan fingerprint density at radius 2 is 2.00 bits per heavy atom. The van der Waals surface area contributed by atoms with Crippen LogP contribution in [0.5, 0.6) is 5.75 Å². The van der Waals surface area contributed by atoms with Crippen LogP contribution in [0, 0.1) is 0 Å². The summed E-state index contributed by atoms with van der Waals surface area (Å²) in [4.78, 5) is 31.4. The maximum Gasteiger partial charge on any atom is 0.255 e. The van der Waals surface area contributed by atoms with Gasteiger partial charge in [-0.25, -0.2) is 4.98 Å². The number of pyridine rings is 1. The zero-order valence-electron chi connectivity index (χ0n) is 13.7. The van der Waals surface area contributed by atoms with Crippen molar-refractivity contribution >= 4 is 28.8 Å². The van der Waals surface area contributed by atoms with Crippen LogP contribution in [-0.2, 0) is 16.0 Å². The van der Waals surface area contributed by atoms with E-state index in [0.717, 1.165) is 10.6 Å². The molecule has 0 radical (unpaired) electrons. The normalized spacial score (nSPS) is 10.3. The quantitative estimate of drug-likeness (QED) is 0.665. The van der Waals surface area contributed by atoms with Gasteiger partial charge in [0.05, 0.1) is 12.1 Å². The number of thiazole rings is 1. The number of carbonyl (C=O) groups excluding carboxylic acids is 2. The summed E-state index contributed by atoms with van der Waals surface area (Å²) in [5.41, 5.74) is 7.28. The number of hydrogen-bond acceptors (Lipinski definition) is 6. The fourth-order valence-corrected chi connectivity index (χ4v) is 2.98. The molecule has 132 valence electrons. The molecule has 0 aliphatic rings. The third-order valence-electron chi connectivity index (χ3n) is 3.32. The molecule has 0 spiro atoms. The molecule has 3 N–H and O–H groups in total. The number of amides is 2. The molecule has 0 saturated carbocycles. The van der Waals surface area contributed by atoms with Gasteiger partial charge in [0.1, 0.15) is 10.8 Å². The first-order valence-electron chi connectivity index (χ1n) is 7.76. The van der Waals surface area contributed by atoms with Crippen molar-refractivity contribution in [1.29, 1.82) is 0 Å². The first kappa shape index (κ1) is 17.6. The monoisotopic (exact) mass is 368 g/mol. The SMILES string of the molecule is NC(=O)COc1ccc(NC(=O)Cc2csc(-c3cccnc3)n2)cc1. The van der Waals surface area contributed by atoms with Gasteiger partial charge in [0.15, 0.2) is 6.61 Å². The Balaban J connectivity index is 1.56. The van der Waals surface area contributed by atoms with Crippen molar-refractivity contribution < 1.29 is 14.3 Å². The highest BCUT2D eigenvalue weighted by Gasteiger charge is 2.10. The molecule has 0 unspecified atom stereocenters. The Hall–Kier alpha value is -3.26. The number of hydrogen-bond donors (Lipinski definition) is 2. The van der Waals surface area contributed by atoms with Crippen LogP contribution in [0.15, 0.2) is 54.2 Å². The van der Waals surface area contributed by atoms with Crippen molar-refractivity contribution in [3.8, 4) is 16.3 Å². The first-order chi connectivity index (χ1) is 12.6. The number of anilines is 1. The summed E-state index contributed by atoms with van der Waals surface area (Å²) in [7, 11) is 0. The highest BCUT2D eigenvalue weighted by atomic mass is 32.1. The molecule has 2 heterocycles. The summed E-state index contributed by atoms with van der Waals surface area (Å²) in [6, 6.07) is 10.5. The molecule has 0 fully saturated rings. The van der Waals surface area contributed by atoms with E-state index in [2.05, 4.69) is 15.3 Å². The highest BCUT2D eigenvalue weighted by molar-refractivity contribution is 7.13. The lowest BCUT2D eigenvalue weighted by molar-refractivity contribution is -0.120. The van der Waals surface area contributed by atoms with E-state index in [1.54, 1.807) is 36.7 Å². The summed E-state index contributed by atoms with van der Waals surface area (Å²) in [5, 5.41) is 5.49. The van der Waals surface area contributed by atoms with Crippen LogP contribution in [-0.4, -0.2) is 28.4 Å². The van der Waals surface area contributed by atoms with Crippen LogP contribution < -0.4 is 15.8 Å². The zero-order chi connectivity index (χ0) is 18.4. The average molecular weight is 368 g/mol. The van der Waals surface area contributed by atoms with Crippen LogP contribution in [0.3, 0.4) is 0 Å². The zero-order valence-corrected chi connectivity index (χ0v) is 14.5. The van der Waals surface area contributed by atoms with Crippen molar-refractivity contribution in [3.05, 3.63) is 59.9 Å². The number of aromatic nitrogens is 2. The smallest absolute Gasteiger partial charge is 0.255 e. The number of primary amides is 1. The average Bonchev–Trinajstić information content (AvgIpc) is 3.10. The highest BCUT2D eigenvalue weighted by Crippen LogP contribution is 2.23. The van der Waals surface area contributed by atoms with E-state index in [9.17, 15) is 9.59 Å². The first-order valence-corrected chi connectivity index (χ1v) is 8.64. The maximum atomic E-state index is 12.2. The fourth-order valence-electron chi connectivity index (χ4n) is 2.17. The van der Waals surface area contributed by atoms with E-state index >= 15 is 0 Å². The molecule has 0 saturated heterocycles. The standard InChI is InChI=1S/C18H16N4O3S/c19-16(23)10-25-15-5-3-13(4-6-15)21-17(24)8-14-11-26-18(22-14)12-2-1-7-20-9-12/h1-7,9,11H,8,10H2,(H2,19,23)(H,21,24). The summed E-state index contributed by atoms with van der Waals surface area (Å²) in [5.74, 6) is -0.211. The van der Waals surface area contributed by atoms with Gasteiger partial charge in [-0.1, -0.05) is 0 Å². The number of nitrogens with two attached hydrogens (primary N) is 1. The Kier molecular flexibility index (Phi) is 5.55. The van der Waals surface area contributed by atoms with E-state index < -0.39 is 5.91 Å². The Morgan fingerprint density at radius 3 is 2.69 bits per heavy atom. The van der Waals surface area contributed by atoms with Crippen molar-refractivity contribution in [3.63, 3.8) is 0 Å². The molecule has 8 heteroatoms. The van der Waals surface area contributed by atoms with Gasteiger partial charge in [0, 0.05) is 29.0 Å². The van der Waals surface area contributed by atoms with Crippen LogP contribution in [0.1, 0.15) is 5.69 Å². The molecule has 0 bridgehead atoms. The van der Waals surface area contributed by atoms with E-state index in [-0.39, 0.29) is 18.9 Å². The molecule has 0 atom stereocenters. The molecule has 2 amide bonds. The van der Waals surface area contributed by atoms with E-state index in [0.29, 0.717) is 17.1 Å². The van der Waals surface area contributed by atoms with Gasteiger partial charge in [0.25, 0.3) is 5.91 Å². The van der Waals surface area contributed by atoms with Crippen LogP contribution in [0.2, 0.25) is 0 Å². The second kappa shape index (κ2) is 8.21. The van der Waals surface area contributed by atoms with E-state index in [4.69, 9.17) is 10.5 Å². The number of ether oxygens (including phenoxy) is 1. The van der Waals surface area contributed by atoms with Gasteiger partial charge < -0.3 is 15.8 Å². The number of benzene rings is 1. The Morgan fingerprint density at radius 1 is 1.19 bits per heavy atom. The summed E-state index contributed by atoms with van der Waals surface area (Å²) < 4.78 is 5.17. The van der Waals surface area contributed by atoms with Gasteiger partial charge in [-0.2, -0.15) is 0 Å². The topological polar surface area (TPSA) is 107 Å². The minimum atomic E-state index is -0.545. The molecule has 0 aliphatic carbocycles. The third kappa shape index (κ3) is 4.87. The number of rotatable bonds is 7. The minimum Gasteiger partial charge on any atom is -0.484 e. The van der Waals surface area contributed by atoms with E-state index in [1.165, 1.54) is 11.3 Å². The van der Waals surface area contributed by atoms with E-state index in [1.807, 2.05) is 17.5 Å². The molecule has 26 heavy (non-hydrogen) atoms. The number of nitrogens with zero attached hydrogens (tertiary/aromatic N) is 2. The Bertz CT molecular complexity index is 894. The Labute approximate surface area is 153 Å². The van der Waals surface area contributed by atoms with Crippen LogP contribution >= 0.6 is 11.3 Å². The lowest BCUT2D eigenvalue weighted by Crippen LogP contribution is -2.20. The van der Waals surface area contributed by atoms with Gasteiger partial charge in [-0.3, -0.25) is 14.6 Å². The molecular formula is C18H16N4O3S. The molecule has 3 rings (SSSR count).